The van der Waals surface area contributed by atoms with Crippen molar-refractivity contribution in [2.24, 2.45) is 5.92 Å². The van der Waals surface area contributed by atoms with Crippen molar-refractivity contribution in [1.29, 1.82) is 5.26 Å². The Morgan fingerprint density at radius 3 is 2.85 bits per heavy atom. The molecule has 5 nitrogen and oxygen atoms in total. The highest BCUT2D eigenvalue weighted by atomic mass is 16.5. The highest BCUT2D eigenvalue weighted by molar-refractivity contribution is 5.97. The second-order valence-corrected chi connectivity index (χ2v) is 7.00. The van der Waals surface area contributed by atoms with Crippen molar-refractivity contribution >= 4 is 11.9 Å². The van der Waals surface area contributed by atoms with Gasteiger partial charge in [-0.1, -0.05) is 18.6 Å². The van der Waals surface area contributed by atoms with Crippen LogP contribution >= 0.6 is 0 Å². The van der Waals surface area contributed by atoms with Crippen LogP contribution in [0.5, 0.6) is 0 Å². The smallest absolute Gasteiger partial charge is 0.340 e. The lowest BCUT2D eigenvalue weighted by molar-refractivity contribution is -0.306. The minimum Gasteiger partial charge on any atom is -0.550 e. The van der Waals surface area contributed by atoms with E-state index in [1.807, 2.05) is 13.8 Å². The van der Waals surface area contributed by atoms with Gasteiger partial charge in [-0.25, -0.2) is 4.79 Å². The number of carboxylic acid groups (broad SMARTS) is 1. The number of esters is 1. The fraction of sp³-hybridized carbons (Fsp3) is 0.476. The molecule has 1 aliphatic heterocycles. The number of carbonyl (C=O) groups is 2. The number of hydrogen-bond donors (Lipinski definition) is 0. The van der Waals surface area contributed by atoms with E-state index < -0.39 is 11.9 Å². The largest absolute Gasteiger partial charge is 0.550 e. The molecule has 0 bridgehead atoms. The van der Waals surface area contributed by atoms with Gasteiger partial charge in [0.05, 0.1) is 11.1 Å². The third-order valence-electron chi connectivity index (χ3n) is 5.66. The Bertz CT molecular complexity index is 845. The van der Waals surface area contributed by atoms with Gasteiger partial charge in [0.15, 0.2) is 0 Å². The predicted molar refractivity (Wildman–Crippen MR) is 93.1 cm³/mol. The van der Waals surface area contributed by atoms with Crippen LogP contribution in [0.25, 0.3) is 0 Å². The molecule has 136 valence electrons. The number of ether oxygens (including phenoxy) is 1. The van der Waals surface area contributed by atoms with Gasteiger partial charge < -0.3 is 14.6 Å². The summed E-state index contributed by atoms with van der Waals surface area (Å²) in [5, 5.41) is 20.7. The molecular formula is C21H22NO4-. The van der Waals surface area contributed by atoms with Gasteiger partial charge in [0.25, 0.3) is 0 Å². The average Bonchev–Trinajstić information content (AvgIpc) is 3.20. The van der Waals surface area contributed by atoms with E-state index in [1.165, 1.54) is 0 Å². The van der Waals surface area contributed by atoms with Crippen LogP contribution in [0.15, 0.2) is 11.6 Å². The van der Waals surface area contributed by atoms with Crippen LogP contribution in [0, 0.1) is 24.2 Å². The van der Waals surface area contributed by atoms with Crippen molar-refractivity contribution in [3.05, 3.63) is 45.0 Å². The summed E-state index contributed by atoms with van der Waals surface area (Å²) in [6, 6.07) is 2.21. The van der Waals surface area contributed by atoms with E-state index in [2.05, 4.69) is 12.1 Å². The minimum atomic E-state index is -1.02. The third-order valence-corrected chi connectivity index (χ3v) is 5.66. The van der Waals surface area contributed by atoms with E-state index >= 15 is 0 Å². The van der Waals surface area contributed by atoms with Gasteiger partial charge in [0.2, 0.25) is 0 Å². The SMILES string of the molecule is CCc1c(C)c2c(c(C#N)c1C/C=C1\CCCC1CC(=O)[O-])C(=O)OC2. The number of nitrogens with zero attached hydrogens (tertiary/aromatic N) is 1. The molecule has 0 aromatic heterocycles. The van der Waals surface area contributed by atoms with Gasteiger partial charge in [-0.05, 0) is 68.1 Å². The van der Waals surface area contributed by atoms with E-state index in [9.17, 15) is 20.0 Å². The van der Waals surface area contributed by atoms with Crippen LogP contribution in [-0.2, 0) is 29.0 Å². The van der Waals surface area contributed by atoms with Crippen molar-refractivity contribution in [3.8, 4) is 6.07 Å². The zero-order chi connectivity index (χ0) is 18.8. The maximum absolute atomic E-state index is 12.1. The number of carboxylic acids is 1. The maximum Gasteiger partial charge on any atom is 0.340 e. The highest BCUT2D eigenvalue weighted by Gasteiger charge is 2.31. The van der Waals surface area contributed by atoms with E-state index in [1.54, 1.807) is 0 Å². The number of fused-ring (bicyclic) bond motifs is 1. The van der Waals surface area contributed by atoms with Crippen LogP contribution in [0.3, 0.4) is 0 Å². The molecule has 3 rings (SSSR count). The number of benzene rings is 1. The van der Waals surface area contributed by atoms with Gasteiger partial charge in [-0.2, -0.15) is 5.26 Å². The minimum absolute atomic E-state index is 0.0242. The number of hydrogen-bond acceptors (Lipinski definition) is 5. The van der Waals surface area contributed by atoms with Gasteiger partial charge in [0.1, 0.15) is 12.7 Å². The number of rotatable bonds is 5. The molecule has 1 aromatic rings. The normalized spacial score (nSPS) is 20.1. The molecule has 1 fully saturated rings. The van der Waals surface area contributed by atoms with Crippen molar-refractivity contribution in [3.63, 3.8) is 0 Å². The average molecular weight is 352 g/mol. The molecule has 1 saturated carbocycles. The lowest BCUT2D eigenvalue weighted by atomic mass is 9.85. The molecule has 2 aliphatic rings. The lowest BCUT2D eigenvalue weighted by Gasteiger charge is -2.17. The van der Waals surface area contributed by atoms with Crippen molar-refractivity contribution in [1.82, 2.24) is 0 Å². The van der Waals surface area contributed by atoms with Crippen molar-refractivity contribution < 1.29 is 19.4 Å². The van der Waals surface area contributed by atoms with Crippen LogP contribution < -0.4 is 5.11 Å². The zero-order valence-electron chi connectivity index (χ0n) is 15.2. The first-order valence-corrected chi connectivity index (χ1v) is 9.11. The first-order valence-electron chi connectivity index (χ1n) is 9.11. The number of nitriles is 1. The van der Waals surface area contributed by atoms with Gasteiger partial charge >= 0.3 is 5.97 Å². The maximum atomic E-state index is 12.1. The summed E-state index contributed by atoms with van der Waals surface area (Å²) >= 11 is 0. The molecule has 5 heteroatoms. The summed E-state index contributed by atoms with van der Waals surface area (Å²) in [4.78, 5) is 23.1. The number of aliphatic carboxylic acids is 1. The second-order valence-electron chi connectivity index (χ2n) is 7.00. The second kappa shape index (κ2) is 7.33. The molecule has 0 amide bonds. The van der Waals surface area contributed by atoms with Crippen molar-refractivity contribution in [2.75, 3.05) is 0 Å². The molecule has 1 aromatic carbocycles. The topological polar surface area (TPSA) is 90.2 Å². The zero-order valence-corrected chi connectivity index (χ0v) is 15.2. The molecule has 0 radical (unpaired) electrons. The Kier molecular flexibility index (Phi) is 5.13. The van der Waals surface area contributed by atoms with E-state index in [0.717, 1.165) is 53.5 Å². The third kappa shape index (κ3) is 3.12. The molecule has 0 saturated heterocycles. The molecule has 1 atom stereocenters. The number of cyclic esters (lactones) is 1. The number of allylic oxidation sites excluding steroid dienone is 2. The first-order chi connectivity index (χ1) is 12.5. The van der Waals surface area contributed by atoms with Gasteiger partial charge in [-0.15, -0.1) is 0 Å². The van der Waals surface area contributed by atoms with Gasteiger partial charge in [-0.3, -0.25) is 0 Å². The van der Waals surface area contributed by atoms with E-state index in [-0.39, 0.29) is 18.9 Å². The fourth-order valence-electron chi connectivity index (χ4n) is 4.37. The molecule has 1 unspecified atom stereocenters. The molecule has 1 aliphatic carbocycles. The number of carbonyl (C=O) groups excluding carboxylic acids is 2. The Hall–Kier alpha value is -2.61. The molecule has 0 spiro atoms. The molecule has 0 N–H and O–H groups in total. The van der Waals surface area contributed by atoms with Crippen LogP contribution in [-0.4, -0.2) is 11.9 Å². The van der Waals surface area contributed by atoms with Gasteiger partial charge in [0, 0.05) is 11.5 Å². The summed E-state index contributed by atoms with van der Waals surface area (Å²) in [6.45, 7) is 4.25. The Labute approximate surface area is 153 Å². The van der Waals surface area contributed by atoms with Crippen molar-refractivity contribution in [2.45, 2.75) is 59.0 Å². The fourth-order valence-corrected chi connectivity index (χ4v) is 4.37. The molecule has 26 heavy (non-hydrogen) atoms. The Morgan fingerprint density at radius 2 is 2.19 bits per heavy atom. The lowest BCUT2D eigenvalue weighted by Crippen LogP contribution is -2.24. The first kappa shape index (κ1) is 18.2. The summed E-state index contributed by atoms with van der Waals surface area (Å²) in [7, 11) is 0. The summed E-state index contributed by atoms with van der Waals surface area (Å²) in [6.07, 6.45) is 6.13. The van der Waals surface area contributed by atoms with E-state index in [4.69, 9.17) is 4.74 Å². The monoisotopic (exact) mass is 352 g/mol. The summed E-state index contributed by atoms with van der Waals surface area (Å²) in [5.74, 6) is -1.42. The predicted octanol–water partition coefficient (Wildman–Crippen LogP) is 2.51. The summed E-state index contributed by atoms with van der Waals surface area (Å²) < 4.78 is 5.16. The summed E-state index contributed by atoms with van der Waals surface area (Å²) in [5.41, 5.74) is 5.76. The Morgan fingerprint density at radius 1 is 1.42 bits per heavy atom. The highest BCUT2D eigenvalue weighted by Crippen LogP contribution is 2.36. The standard InChI is InChI=1S/C21H23NO4/c1-3-15-12(2)18-11-26-21(25)20(18)17(10-22)16(15)8-7-13-5-4-6-14(13)9-19(23)24/h7,14H,3-6,8-9,11H2,1-2H3,(H,23,24)/p-1/b13-7+. The Balaban J connectivity index is 2.03. The van der Waals surface area contributed by atoms with E-state index in [0.29, 0.717) is 17.5 Å². The van der Waals surface area contributed by atoms with Crippen LogP contribution in [0.2, 0.25) is 0 Å². The van der Waals surface area contributed by atoms with Crippen LogP contribution in [0.1, 0.15) is 70.8 Å². The quantitative estimate of drug-likeness (QED) is 0.600. The van der Waals surface area contributed by atoms with Crippen LogP contribution in [0.4, 0.5) is 0 Å². The molecule has 1 heterocycles. The molecular weight excluding hydrogens is 330 g/mol.